The maximum atomic E-state index is 13.5. The number of nitrogens with one attached hydrogen (secondary N) is 2. The van der Waals surface area contributed by atoms with E-state index in [1.54, 1.807) is 12.1 Å². The Morgan fingerprint density at radius 2 is 1.62 bits per heavy atom. The van der Waals surface area contributed by atoms with Crippen molar-refractivity contribution < 1.29 is 29.4 Å². The number of aliphatic carboxylic acids is 1. The molecule has 4 unspecified atom stereocenters. The number of hydrogen-bond donors (Lipinski definition) is 5. The van der Waals surface area contributed by atoms with Crippen LogP contribution in [0.15, 0.2) is 54.6 Å². The van der Waals surface area contributed by atoms with Crippen LogP contribution in [-0.4, -0.2) is 81.5 Å². The van der Waals surface area contributed by atoms with Crippen molar-refractivity contribution in [1.82, 2.24) is 15.5 Å². The van der Waals surface area contributed by atoms with Gasteiger partial charge in [-0.2, -0.15) is 11.8 Å². The second-order valence-electron chi connectivity index (χ2n) is 9.60. The molecule has 0 radical (unpaired) electrons. The number of phenolic OH excluding ortho intramolecular Hbond substituents is 1. The molecule has 1 saturated heterocycles. The summed E-state index contributed by atoms with van der Waals surface area (Å²) in [6, 6.07) is 11.7. The Hall–Kier alpha value is -3.57. The number of amides is 3. The molecular formula is C28H36N4O6S. The number of thioether (sulfide) groups is 1. The minimum absolute atomic E-state index is 0.0582. The molecule has 39 heavy (non-hydrogen) atoms. The van der Waals surface area contributed by atoms with Crippen LogP contribution in [0.1, 0.15) is 30.4 Å². The smallest absolute Gasteiger partial charge is 0.326 e. The number of carbonyl (C=O) groups is 4. The van der Waals surface area contributed by atoms with Gasteiger partial charge in [0.2, 0.25) is 17.7 Å². The molecule has 6 N–H and O–H groups in total. The number of nitrogens with two attached hydrogens (primary N) is 1. The van der Waals surface area contributed by atoms with Crippen molar-refractivity contribution in [2.45, 2.75) is 56.3 Å². The molecule has 0 saturated carbocycles. The highest BCUT2D eigenvalue weighted by Crippen LogP contribution is 2.20. The monoisotopic (exact) mass is 556 g/mol. The molecule has 0 spiro atoms. The Morgan fingerprint density at radius 1 is 0.974 bits per heavy atom. The summed E-state index contributed by atoms with van der Waals surface area (Å²) in [4.78, 5) is 52.9. The number of likely N-dealkylation sites (tertiary alicyclic amines) is 1. The van der Waals surface area contributed by atoms with E-state index in [0.717, 1.165) is 5.56 Å². The van der Waals surface area contributed by atoms with Gasteiger partial charge in [0.15, 0.2) is 0 Å². The highest BCUT2D eigenvalue weighted by Gasteiger charge is 2.38. The van der Waals surface area contributed by atoms with Gasteiger partial charge in [-0.25, -0.2) is 4.79 Å². The molecule has 1 aliphatic heterocycles. The van der Waals surface area contributed by atoms with Crippen LogP contribution < -0.4 is 16.4 Å². The Balaban J connectivity index is 1.76. The average Bonchev–Trinajstić information content (AvgIpc) is 3.42. The maximum absolute atomic E-state index is 13.5. The molecule has 0 bridgehead atoms. The first-order valence-corrected chi connectivity index (χ1v) is 14.3. The Morgan fingerprint density at radius 3 is 2.26 bits per heavy atom. The van der Waals surface area contributed by atoms with E-state index in [2.05, 4.69) is 10.6 Å². The van der Waals surface area contributed by atoms with Crippen molar-refractivity contribution in [2.75, 3.05) is 18.6 Å². The zero-order valence-electron chi connectivity index (χ0n) is 21.9. The molecule has 2 aromatic rings. The van der Waals surface area contributed by atoms with E-state index in [0.29, 0.717) is 37.0 Å². The van der Waals surface area contributed by atoms with Crippen LogP contribution in [-0.2, 0) is 32.0 Å². The molecule has 1 aliphatic rings. The number of phenols is 1. The fraction of sp³-hybridized carbons (Fsp3) is 0.429. The third-order valence-electron chi connectivity index (χ3n) is 6.69. The van der Waals surface area contributed by atoms with Gasteiger partial charge in [0.1, 0.15) is 23.9 Å². The van der Waals surface area contributed by atoms with E-state index >= 15 is 0 Å². The van der Waals surface area contributed by atoms with Crippen molar-refractivity contribution in [3.8, 4) is 5.75 Å². The van der Waals surface area contributed by atoms with Crippen molar-refractivity contribution in [1.29, 1.82) is 0 Å². The number of carbonyl (C=O) groups excluding carboxylic acids is 3. The summed E-state index contributed by atoms with van der Waals surface area (Å²) in [5.74, 6) is -1.98. The van der Waals surface area contributed by atoms with Crippen LogP contribution >= 0.6 is 11.8 Å². The summed E-state index contributed by atoms with van der Waals surface area (Å²) in [5.41, 5.74) is 7.70. The van der Waals surface area contributed by atoms with Crippen molar-refractivity contribution in [2.24, 2.45) is 5.73 Å². The van der Waals surface area contributed by atoms with Gasteiger partial charge in [-0.3, -0.25) is 14.4 Å². The van der Waals surface area contributed by atoms with E-state index < -0.39 is 47.9 Å². The number of benzene rings is 2. The number of nitrogens with zero attached hydrogens (tertiary/aromatic N) is 1. The molecular weight excluding hydrogens is 520 g/mol. The molecule has 10 nitrogen and oxygen atoms in total. The lowest BCUT2D eigenvalue weighted by Crippen LogP contribution is -2.58. The minimum Gasteiger partial charge on any atom is -0.508 e. The van der Waals surface area contributed by atoms with Crippen LogP contribution in [0.25, 0.3) is 0 Å². The normalized spacial score (nSPS) is 17.2. The molecule has 1 heterocycles. The van der Waals surface area contributed by atoms with Crippen LogP contribution in [0, 0.1) is 0 Å². The van der Waals surface area contributed by atoms with Gasteiger partial charge in [0.25, 0.3) is 0 Å². The van der Waals surface area contributed by atoms with Gasteiger partial charge < -0.3 is 31.5 Å². The summed E-state index contributed by atoms with van der Waals surface area (Å²) in [6.45, 7) is 0.277. The van der Waals surface area contributed by atoms with E-state index in [1.807, 2.05) is 36.6 Å². The molecule has 1 fully saturated rings. The first-order chi connectivity index (χ1) is 18.7. The van der Waals surface area contributed by atoms with Crippen LogP contribution in [0.5, 0.6) is 5.75 Å². The quantitative estimate of drug-likeness (QED) is 0.247. The van der Waals surface area contributed by atoms with Gasteiger partial charge in [-0.05, 0) is 61.0 Å². The maximum Gasteiger partial charge on any atom is 0.326 e. The van der Waals surface area contributed by atoms with Gasteiger partial charge in [-0.1, -0.05) is 42.5 Å². The van der Waals surface area contributed by atoms with Crippen molar-refractivity contribution in [3.05, 3.63) is 65.7 Å². The second-order valence-corrected chi connectivity index (χ2v) is 10.6. The first kappa shape index (κ1) is 30.0. The zero-order valence-corrected chi connectivity index (χ0v) is 22.7. The number of hydrogen-bond acceptors (Lipinski definition) is 7. The SMILES string of the molecule is CSCCC(NC(=O)C(N)Cc1ccccc1)C(=O)NC(Cc1ccc(O)cc1)C(=O)N1CCCC1C(=O)O. The second kappa shape index (κ2) is 14.5. The molecule has 210 valence electrons. The molecule has 3 rings (SSSR count). The van der Waals surface area contributed by atoms with Crippen LogP contribution in [0.3, 0.4) is 0 Å². The van der Waals surface area contributed by atoms with Gasteiger partial charge >= 0.3 is 5.97 Å². The predicted molar refractivity (Wildman–Crippen MR) is 149 cm³/mol. The Kier molecular flexibility index (Phi) is 11.2. The zero-order chi connectivity index (χ0) is 28.4. The van der Waals surface area contributed by atoms with E-state index in [4.69, 9.17) is 5.73 Å². The summed E-state index contributed by atoms with van der Waals surface area (Å²) in [7, 11) is 0. The van der Waals surface area contributed by atoms with Gasteiger partial charge in [-0.15, -0.1) is 0 Å². The largest absolute Gasteiger partial charge is 0.508 e. The van der Waals surface area contributed by atoms with Crippen molar-refractivity contribution in [3.63, 3.8) is 0 Å². The lowest BCUT2D eigenvalue weighted by molar-refractivity contribution is -0.149. The Labute approximate surface area is 232 Å². The topological polar surface area (TPSA) is 162 Å². The summed E-state index contributed by atoms with van der Waals surface area (Å²) >= 11 is 1.51. The van der Waals surface area contributed by atoms with E-state index in [9.17, 15) is 29.4 Å². The standard InChI is InChI=1S/C28H36N4O6S/c1-39-15-13-22(30-25(34)21(29)16-18-6-3-2-4-7-18)26(35)31-23(17-19-9-11-20(33)12-10-19)27(36)32-14-5-8-24(32)28(37)38/h2-4,6-7,9-12,21-24,33H,5,8,13-17,29H2,1H3,(H,30,34)(H,31,35)(H,37,38). The summed E-state index contributed by atoms with van der Waals surface area (Å²) < 4.78 is 0. The summed E-state index contributed by atoms with van der Waals surface area (Å²) in [6.07, 6.45) is 3.48. The van der Waals surface area contributed by atoms with Crippen molar-refractivity contribution >= 4 is 35.5 Å². The lowest BCUT2D eigenvalue weighted by Gasteiger charge is -2.29. The Bertz CT molecular complexity index is 1130. The summed E-state index contributed by atoms with van der Waals surface area (Å²) in [5, 5.41) is 24.7. The molecule has 3 amide bonds. The fourth-order valence-corrected chi connectivity index (χ4v) is 5.04. The highest BCUT2D eigenvalue weighted by atomic mass is 32.2. The molecule has 0 aromatic heterocycles. The third kappa shape index (κ3) is 8.72. The lowest BCUT2D eigenvalue weighted by atomic mass is 10.0. The number of aromatic hydroxyl groups is 1. The molecule has 4 atom stereocenters. The molecule has 11 heteroatoms. The first-order valence-electron chi connectivity index (χ1n) is 12.9. The fourth-order valence-electron chi connectivity index (χ4n) is 4.57. The van der Waals surface area contributed by atoms with Gasteiger partial charge in [0.05, 0.1) is 6.04 Å². The van der Waals surface area contributed by atoms with Crippen LogP contribution in [0.2, 0.25) is 0 Å². The van der Waals surface area contributed by atoms with Crippen LogP contribution in [0.4, 0.5) is 0 Å². The molecule has 0 aliphatic carbocycles. The number of carboxylic acids is 1. The van der Waals surface area contributed by atoms with E-state index in [1.165, 1.54) is 28.8 Å². The predicted octanol–water partition coefficient (Wildman–Crippen LogP) is 1.30. The third-order valence-corrected chi connectivity index (χ3v) is 7.33. The number of rotatable bonds is 13. The van der Waals surface area contributed by atoms with E-state index in [-0.39, 0.29) is 18.7 Å². The highest BCUT2D eigenvalue weighted by molar-refractivity contribution is 7.98. The van der Waals surface area contributed by atoms with Gasteiger partial charge in [0, 0.05) is 13.0 Å². The minimum atomic E-state index is -1.09. The molecule has 2 aromatic carbocycles. The average molecular weight is 557 g/mol. The number of carboxylic acid groups (broad SMARTS) is 1.